The minimum absolute atomic E-state index is 0.0366. The molecule has 1 saturated carbocycles. The third-order valence-corrected chi connectivity index (χ3v) is 5.98. The number of hydrogen-bond donors (Lipinski definition) is 2. The molecule has 2 heterocycles. The molecule has 5 rings (SSSR count). The SMILES string of the molecule is O=C(c1c(O)c(O)n(-c2nc3ccc(F)cc3s2)c1-c1ccccc1F)C1CC1. The highest BCUT2D eigenvalue weighted by Gasteiger charge is 2.38. The second-order valence-corrected chi connectivity index (χ2v) is 7.97. The van der Waals surface area contributed by atoms with Gasteiger partial charge in [-0.2, -0.15) is 0 Å². The van der Waals surface area contributed by atoms with Crippen molar-refractivity contribution < 1.29 is 23.8 Å². The maximum absolute atomic E-state index is 14.7. The van der Waals surface area contributed by atoms with Crippen LogP contribution in [0.2, 0.25) is 0 Å². The molecule has 5 nitrogen and oxygen atoms in total. The van der Waals surface area contributed by atoms with E-state index in [-0.39, 0.29) is 33.7 Å². The van der Waals surface area contributed by atoms with Gasteiger partial charge in [0.15, 0.2) is 16.7 Å². The molecule has 0 amide bonds. The molecule has 8 heteroatoms. The van der Waals surface area contributed by atoms with Gasteiger partial charge in [0.25, 0.3) is 0 Å². The van der Waals surface area contributed by atoms with Crippen LogP contribution >= 0.6 is 11.3 Å². The molecule has 2 aromatic heterocycles. The lowest BCUT2D eigenvalue weighted by Crippen LogP contribution is -2.05. The standard InChI is InChI=1S/C21H14F2N2O3S/c22-11-7-8-14-15(9-11)29-21(24-14)25-17(12-3-1-2-4-13(12)23)16(19(27)20(25)28)18(26)10-5-6-10/h1-4,7-10,27-28H,5-6H2. The third kappa shape index (κ3) is 2.79. The summed E-state index contributed by atoms with van der Waals surface area (Å²) < 4.78 is 29.9. The predicted molar refractivity (Wildman–Crippen MR) is 105 cm³/mol. The van der Waals surface area contributed by atoms with Crippen LogP contribution in [0, 0.1) is 17.6 Å². The van der Waals surface area contributed by atoms with Gasteiger partial charge >= 0.3 is 0 Å². The van der Waals surface area contributed by atoms with E-state index < -0.39 is 23.3 Å². The number of rotatable bonds is 4. The lowest BCUT2D eigenvalue weighted by atomic mass is 10.0. The molecule has 0 saturated heterocycles. The molecular weight excluding hydrogens is 398 g/mol. The van der Waals surface area contributed by atoms with Crippen LogP contribution in [0.1, 0.15) is 23.2 Å². The number of aromatic hydroxyl groups is 2. The smallest absolute Gasteiger partial charge is 0.242 e. The molecule has 2 N–H and O–H groups in total. The zero-order chi connectivity index (χ0) is 20.3. The summed E-state index contributed by atoms with van der Waals surface area (Å²) in [5.41, 5.74) is 0.446. The maximum Gasteiger partial charge on any atom is 0.242 e. The summed E-state index contributed by atoms with van der Waals surface area (Å²) in [7, 11) is 0. The van der Waals surface area contributed by atoms with Crippen molar-refractivity contribution in [2.45, 2.75) is 12.8 Å². The predicted octanol–water partition coefficient (Wildman–Crippen LogP) is 5.04. The molecule has 0 aliphatic heterocycles. The van der Waals surface area contributed by atoms with Crippen molar-refractivity contribution >= 4 is 27.3 Å². The van der Waals surface area contributed by atoms with Gasteiger partial charge in [-0.1, -0.05) is 23.5 Å². The van der Waals surface area contributed by atoms with E-state index in [4.69, 9.17) is 0 Å². The first kappa shape index (κ1) is 17.8. The Morgan fingerprint density at radius 3 is 2.62 bits per heavy atom. The van der Waals surface area contributed by atoms with Crippen LogP contribution in [0.25, 0.3) is 26.6 Å². The van der Waals surface area contributed by atoms with Crippen LogP contribution in [0.5, 0.6) is 11.6 Å². The van der Waals surface area contributed by atoms with Crippen molar-refractivity contribution in [3.8, 4) is 28.0 Å². The van der Waals surface area contributed by atoms with E-state index in [1.807, 2.05) is 0 Å². The van der Waals surface area contributed by atoms with Crippen molar-refractivity contribution in [2.75, 3.05) is 0 Å². The molecule has 0 radical (unpaired) electrons. The minimum Gasteiger partial charge on any atom is -0.503 e. The van der Waals surface area contributed by atoms with Gasteiger partial charge in [0.1, 0.15) is 11.6 Å². The Morgan fingerprint density at radius 1 is 1.14 bits per heavy atom. The van der Waals surface area contributed by atoms with Crippen LogP contribution in [0.4, 0.5) is 8.78 Å². The van der Waals surface area contributed by atoms with Gasteiger partial charge in [0.2, 0.25) is 5.88 Å². The number of carbonyl (C=O) groups is 1. The third-order valence-electron chi connectivity index (χ3n) is 4.97. The topological polar surface area (TPSA) is 75.3 Å². The molecule has 0 unspecified atom stereocenters. The van der Waals surface area contributed by atoms with Crippen molar-refractivity contribution in [1.82, 2.24) is 9.55 Å². The molecule has 29 heavy (non-hydrogen) atoms. The quantitative estimate of drug-likeness (QED) is 0.461. The van der Waals surface area contributed by atoms with E-state index in [0.717, 1.165) is 15.9 Å². The summed E-state index contributed by atoms with van der Waals surface area (Å²) in [5, 5.41) is 21.4. The average Bonchev–Trinajstić information content (AvgIpc) is 3.42. The summed E-state index contributed by atoms with van der Waals surface area (Å²) >= 11 is 1.06. The van der Waals surface area contributed by atoms with Crippen molar-refractivity contribution in [3.63, 3.8) is 0 Å². The first-order valence-electron chi connectivity index (χ1n) is 8.98. The Labute approximate surface area is 167 Å². The van der Waals surface area contributed by atoms with E-state index >= 15 is 0 Å². The fraction of sp³-hybridized carbons (Fsp3) is 0.143. The molecule has 1 aliphatic rings. The van der Waals surface area contributed by atoms with E-state index in [9.17, 15) is 23.8 Å². The first-order valence-corrected chi connectivity index (χ1v) is 9.79. The van der Waals surface area contributed by atoms with Gasteiger partial charge in [0.05, 0.1) is 21.5 Å². The van der Waals surface area contributed by atoms with Gasteiger partial charge in [-0.05, 0) is 43.2 Å². The van der Waals surface area contributed by atoms with Crippen LogP contribution < -0.4 is 0 Å². The molecule has 1 aliphatic carbocycles. The van der Waals surface area contributed by atoms with Crippen LogP contribution in [-0.4, -0.2) is 25.5 Å². The van der Waals surface area contributed by atoms with Crippen LogP contribution in [0.15, 0.2) is 42.5 Å². The minimum atomic E-state index is -0.608. The van der Waals surface area contributed by atoms with Gasteiger partial charge in [0, 0.05) is 11.5 Å². The molecule has 4 aromatic rings. The van der Waals surface area contributed by atoms with E-state index in [0.29, 0.717) is 23.1 Å². The lowest BCUT2D eigenvalue weighted by molar-refractivity contribution is 0.0965. The number of carbonyl (C=O) groups excluding carboxylic acids is 1. The number of nitrogens with zero attached hydrogens (tertiary/aromatic N) is 2. The number of thiazole rings is 1. The molecule has 0 spiro atoms. The summed E-state index contributed by atoms with van der Waals surface area (Å²) in [6.45, 7) is 0. The van der Waals surface area contributed by atoms with Gasteiger partial charge in [-0.3, -0.25) is 9.36 Å². The Bertz CT molecular complexity index is 1290. The van der Waals surface area contributed by atoms with Crippen molar-refractivity contribution in [3.05, 3.63) is 59.7 Å². The van der Waals surface area contributed by atoms with Gasteiger partial charge in [-0.25, -0.2) is 13.8 Å². The van der Waals surface area contributed by atoms with Gasteiger partial charge in [-0.15, -0.1) is 0 Å². The van der Waals surface area contributed by atoms with E-state index in [1.165, 1.54) is 36.4 Å². The summed E-state index contributed by atoms with van der Waals surface area (Å²) in [4.78, 5) is 17.3. The number of ketones is 1. The maximum atomic E-state index is 14.7. The molecular formula is C21H14F2N2O3S. The summed E-state index contributed by atoms with van der Waals surface area (Å²) in [6.07, 6.45) is 1.36. The number of benzene rings is 2. The zero-order valence-electron chi connectivity index (χ0n) is 14.9. The molecule has 0 atom stereocenters. The van der Waals surface area contributed by atoms with Crippen molar-refractivity contribution in [1.29, 1.82) is 0 Å². The summed E-state index contributed by atoms with van der Waals surface area (Å²) in [6, 6.07) is 9.87. The largest absolute Gasteiger partial charge is 0.503 e. The summed E-state index contributed by atoms with van der Waals surface area (Å²) in [5.74, 6) is -2.86. The lowest BCUT2D eigenvalue weighted by Gasteiger charge is -2.10. The van der Waals surface area contributed by atoms with E-state index in [1.54, 1.807) is 6.07 Å². The number of halogens is 2. The number of fused-ring (bicyclic) bond motifs is 1. The molecule has 0 bridgehead atoms. The van der Waals surface area contributed by atoms with Gasteiger partial charge < -0.3 is 10.2 Å². The highest BCUT2D eigenvalue weighted by atomic mass is 32.1. The zero-order valence-corrected chi connectivity index (χ0v) is 15.7. The second kappa shape index (κ2) is 6.38. The highest BCUT2D eigenvalue weighted by molar-refractivity contribution is 7.20. The average molecular weight is 412 g/mol. The monoisotopic (exact) mass is 412 g/mol. The number of Topliss-reactive ketones (excluding diaryl/α,β-unsaturated/α-hetero) is 1. The number of hydrogen-bond acceptors (Lipinski definition) is 5. The van der Waals surface area contributed by atoms with E-state index in [2.05, 4.69) is 4.98 Å². The molecule has 2 aromatic carbocycles. The van der Waals surface area contributed by atoms with Crippen molar-refractivity contribution in [2.24, 2.45) is 5.92 Å². The first-order chi connectivity index (χ1) is 14.0. The normalized spacial score (nSPS) is 13.9. The molecule has 146 valence electrons. The fourth-order valence-corrected chi connectivity index (χ4v) is 4.41. The second-order valence-electron chi connectivity index (χ2n) is 6.96. The Hall–Kier alpha value is -3.26. The van der Waals surface area contributed by atoms with Crippen LogP contribution in [-0.2, 0) is 0 Å². The Balaban J connectivity index is 1.83. The number of aromatic nitrogens is 2. The fourth-order valence-electron chi connectivity index (χ4n) is 3.41. The highest BCUT2D eigenvalue weighted by Crippen LogP contribution is 2.48. The Morgan fingerprint density at radius 2 is 1.90 bits per heavy atom. The Kier molecular flexibility index (Phi) is 3.92. The van der Waals surface area contributed by atoms with Crippen LogP contribution in [0.3, 0.4) is 0 Å². The molecule has 1 fully saturated rings.